The van der Waals surface area contributed by atoms with Gasteiger partial charge in [0.15, 0.2) is 0 Å². The van der Waals surface area contributed by atoms with Crippen molar-refractivity contribution in [1.82, 2.24) is 15.2 Å². The number of benzene rings is 2. The van der Waals surface area contributed by atoms with Crippen molar-refractivity contribution in [3.63, 3.8) is 0 Å². The molecule has 0 saturated carbocycles. The van der Waals surface area contributed by atoms with Crippen LogP contribution in [-0.4, -0.2) is 42.0 Å². The van der Waals surface area contributed by atoms with Crippen LogP contribution in [0.1, 0.15) is 45.2 Å². The second-order valence-electron chi connectivity index (χ2n) is 8.11. The number of pyridine rings is 1. The maximum absolute atomic E-state index is 12.7. The van der Waals surface area contributed by atoms with Crippen molar-refractivity contribution in [3.8, 4) is 6.07 Å². The number of nitrogens with one attached hydrogen (secondary N) is 1. The summed E-state index contributed by atoms with van der Waals surface area (Å²) in [6.45, 7) is 2.03. The average Bonchev–Trinajstić information content (AvgIpc) is 3.29. The van der Waals surface area contributed by atoms with Gasteiger partial charge in [-0.25, -0.2) is 0 Å². The second kappa shape index (κ2) is 10.6. The van der Waals surface area contributed by atoms with E-state index in [1.807, 2.05) is 36.5 Å². The minimum Gasteiger partial charge on any atom is -0.378 e. The molecule has 1 amide bonds. The summed E-state index contributed by atoms with van der Waals surface area (Å²) >= 11 is 6.13. The first-order valence-electron chi connectivity index (χ1n) is 10.8. The smallest absolute Gasteiger partial charge is 0.251 e. The van der Waals surface area contributed by atoms with Gasteiger partial charge in [-0.2, -0.15) is 5.26 Å². The van der Waals surface area contributed by atoms with E-state index in [9.17, 15) is 4.79 Å². The number of aromatic nitrogens is 1. The molecule has 2 heterocycles. The molecular formula is C26H25ClN4O2. The van der Waals surface area contributed by atoms with E-state index in [-0.39, 0.29) is 18.0 Å². The van der Waals surface area contributed by atoms with Crippen LogP contribution >= 0.6 is 11.6 Å². The molecule has 1 N–H and O–H groups in total. The molecule has 1 aromatic heterocycles. The first kappa shape index (κ1) is 22.9. The molecule has 7 heteroatoms. The topological polar surface area (TPSA) is 78.2 Å². The lowest BCUT2D eigenvalue weighted by molar-refractivity contribution is 0.0937. The summed E-state index contributed by atoms with van der Waals surface area (Å²) in [6.07, 6.45) is 2.75. The van der Waals surface area contributed by atoms with Gasteiger partial charge in [0.25, 0.3) is 5.91 Å². The number of carbonyl (C=O) groups excluding carboxylic acids is 1. The van der Waals surface area contributed by atoms with E-state index in [0.717, 1.165) is 36.3 Å². The number of rotatable bonds is 7. The zero-order valence-corrected chi connectivity index (χ0v) is 19.1. The Morgan fingerprint density at radius 3 is 2.55 bits per heavy atom. The molecule has 6 nitrogen and oxygen atoms in total. The highest BCUT2D eigenvalue weighted by atomic mass is 35.5. The molecule has 1 aliphatic heterocycles. The Hall–Kier alpha value is -3.24. The molecule has 3 aromatic rings. The van der Waals surface area contributed by atoms with Gasteiger partial charge in [-0.1, -0.05) is 29.8 Å². The predicted octanol–water partition coefficient (Wildman–Crippen LogP) is 4.35. The Kier molecular flexibility index (Phi) is 7.36. The van der Waals surface area contributed by atoms with Gasteiger partial charge in [0.05, 0.1) is 30.0 Å². The van der Waals surface area contributed by atoms with Crippen molar-refractivity contribution in [2.75, 3.05) is 20.2 Å². The van der Waals surface area contributed by atoms with Crippen LogP contribution in [0.3, 0.4) is 0 Å². The molecule has 4 rings (SSSR count). The van der Waals surface area contributed by atoms with Gasteiger partial charge in [0.1, 0.15) is 0 Å². The standard InChI is InChI=1S/C26H25ClN4O2/c1-33-17-24-11-8-21(15-29-24)25(19-6-9-22(27)10-7-19)31-13-12-23(16-31)30-26(32)20-4-2-18(14-28)3-5-20/h2-11,15,23,25H,12-13,16-17H2,1H3,(H,30,32). The Balaban J connectivity index is 1.51. The van der Waals surface area contributed by atoms with E-state index < -0.39 is 0 Å². The fourth-order valence-corrected chi connectivity index (χ4v) is 4.32. The third-order valence-electron chi connectivity index (χ3n) is 5.84. The summed E-state index contributed by atoms with van der Waals surface area (Å²) in [7, 11) is 1.66. The van der Waals surface area contributed by atoms with E-state index in [1.165, 1.54) is 0 Å². The molecule has 2 atom stereocenters. The zero-order valence-electron chi connectivity index (χ0n) is 18.4. The number of nitriles is 1. The second-order valence-corrected chi connectivity index (χ2v) is 8.55. The van der Waals surface area contributed by atoms with Crippen molar-refractivity contribution in [3.05, 3.63) is 99.8 Å². The van der Waals surface area contributed by atoms with Crippen LogP contribution < -0.4 is 5.32 Å². The molecule has 2 aromatic carbocycles. The molecule has 0 bridgehead atoms. The minimum atomic E-state index is -0.125. The summed E-state index contributed by atoms with van der Waals surface area (Å²) < 4.78 is 5.18. The van der Waals surface area contributed by atoms with Gasteiger partial charge in [0.2, 0.25) is 0 Å². The predicted molar refractivity (Wildman–Crippen MR) is 127 cm³/mol. The highest BCUT2D eigenvalue weighted by molar-refractivity contribution is 6.30. The molecule has 2 unspecified atom stereocenters. The van der Waals surface area contributed by atoms with Crippen LogP contribution in [0.25, 0.3) is 0 Å². The van der Waals surface area contributed by atoms with Crippen molar-refractivity contribution >= 4 is 17.5 Å². The number of likely N-dealkylation sites (tertiary alicyclic amines) is 1. The Bertz CT molecular complexity index is 1120. The first-order valence-corrected chi connectivity index (χ1v) is 11.2. The summed E-state index contributed by atoms with van der Waals surface area (Å²) in [5.74, 6) is -0.125. The van der Waals surface area contributed by atoms with Gasteiger partial charge in [-0.05, 0) is 60.0 Å². The Labute approximate surface area is 198 Å². The summed E-state index contributed by atoms with van der Waals surface area (Å²) in [4.78, 5) is 19.6. The fraction of sp³-hybridized carbons (Fsp3) is 0.269. The van der Waals surface area contributed by atoms with Crippen molar-refractivity contribution < 1.29 is 9.53 Å². The largest absolute Gasteiger partial charge is 0.378 e. The molecular weight excluding hydrogens is 436 g/mol. The first-order chi connectivity index (χ1) is 16.1. The molecule has 168 valence electrons. The van der Waals surface area contributed by atoms with Crippen LogP contribution in [0.15, 0.2) is 66.9 Å². The fourth-order valence-electron chi connectivity index (χ4n) is 4.19. The third kappa shape index (κ3) is 5.58. The maximum Gasteiger partial charge on any atom is 0.251 e. The van der Waals surface area contributed by atoms with Crippen molar-refractivity contribution in [1.29, 1.82) is 5.26 Å². The van der Waals surface area contributed by atoms with Gasteiger partial charge >= 0.3 is 0 Å². The number of ether oxygens (including phenoxy) is 1. The van der Waals surface area contributed by atoms with E-state index in [2.05, 4.69) is 27.3 Å². The van der Waals surface area contributed by atoms with Gasteiger partial charge in [-0.15, -0.1) is 0 Å². The average molecular weight is 461 g/mol. The number of amides is 1. The molecule has 1 saturated heterocycles. The van der Waals surface area contributed by atoms with Gasteiger partial charge < -0.3 is 10.1 Å². The lowest BCUT2D eigenvalue weighted by Crippen LogP contribution is -2.38. The number of halogens is 1. The maximum atomic E-state index is 12.7. The van der Waals surface area contributed by atoms with Gasteiger partial charge in [-0.3, -0.25) is 14.7 Å². The molecule has 0 radical (unpaired) electrons. The van der Waals surface area contributed by atoms with E-state index in [0.29, 0.717) is 22.8 Å². The summed E-state index contributed by atoms with van der Waals surface area (Å²) in [5, 5.41) is 12.8. The number of hydrogen-bond acceptors (Lipinski definition) is 5. The van der Waals surface area contributed by atoms with E-state index >= 15 is 0 Å². The summed E-state index contributed by atoms with van der Waals surface area (Å²) in [5.41, 5.74) is 4.18. The van der Waals surface area contributed by atoms with Gasteiger partial charge in [0, 0.05) is 43.0 Å². The third-order valence-corrected chi connectivity index (χ3v) is 6.09. The Morgan fingerprint density at radius 1 is 1.18 bits per heavy atom. The summed E-state index contributed by atoms with van der Waals surface area (Å²) in [6, 6.07) is 20.7. The highest BCUT2D eigenvalue weighted by Gasteiger charge is 2.31. The number of hydrogen-bond donors (Lipinski definition) is 1. The minimum absolute atomic E-state index is 0.00294. The van der Waals surface area contributed by atoms with Crippen molar-refractivity contribution in [2.24, 2.45) is 0 Å². The molecule has 1 fully saturated rings. The highest BCUT2D eigenvalue weighted by Crippen LogP contribution is 2.32. The van der Waals surface area contributed by atoms with E-state index in [4.69, 9.17) is 21.6 Å². The van der Waals surface area contributed by atoms with Crippen LogP contribution in [0, 0.1) is 11.3 Å². The quantitative estimate of drug-likeness (QED) is 0.567. The number of carbonyl (C=O) groups is 1. The molecule has 33 heavy (non-hydrogen) atoms. The monoisotopic (exact) mass is 460 g/mol. The van der Waals surface area contributed by atoms with Crippen LogP contribution in [-0.2, 0) is 11.3 Å². The van der Waals surface area contributed by atoms with Crippen LogP contribution in [0.5, 0.6) is 0 Å². The lowest BCUT2D eigenvalue weighted by Gasteiger charge is -2.29. The number of nitrogens with zero attached hydrogens (tertiary/aromatic N) is 3. The normalized spacial score (nSPS) is 16.8. The molecule has 1 aliphatic rings. The SMILES string of the molecule is COCc1ccc(C(c2ccc(Cl)cc2)N2CCC(NC(=O)c3ccc(C#N)cc3)C2)cn1. The van der Waals surface area contributed by atoms with Crippen molar-refractivity contribution in [2.45, 2.75) is 25.1 Å². The zero-order chi connectivity index (χ0) is 23.2. The van der Waals surface area contributed by atoms with Crippen LogP contribution in [0.4, 0.5) is 0 Å². The van der Waals surface area contributed by atoms with Crippen LogP contribution in [0.2, 0.25) is 5.02 Å². The number of methoxy groups -OCH3 is 1. The Morgan fingerprint density at radius 2 is 1.91 bits per heavy atom. The molecule has 0 aliphatic carbocycles. The van der Waals surface area contributed by atoms with E-state index in [1.54, 1.807) is 31.4 Å². The lowest BCUT2D eigenvalue weighted by atomic mass is 9.98. The molecule has 0 spiro atoms.